The smallest absolute Gasteiger partial charge is 0.278 e. The first-order chi connectivity index (χ1) is 13.2. The van der Waals surface area contributed by atoms with Crippen molar-refractivity contribution in [3.63, 3.8) is 0 Å². The minimum Gasteiger partial charge on any atom is -0.477 e. The third-order valence-corrected chi connectivity index (χ3v) is 5.05. The number of rotatable bonds is 7. The third-order valence-electron chi connectivity index (χ3n) is 5.05. The van der Waals surface area contributed by atoms with Crippen LogP contribution in [0.15, 0.2) is 42.7 Å². The number of ether oxygens (including phenoxy) is 2. The molecule has 144 valence electrons. The standard InChI is InChI=1S/C21H27N3O3/c1-3-18(15-7-5-4-6-8-15)19(25)24-16-9-11-17(12-10-16)27-21-20(26-2)22-13-14-23-21/h4-8,13-14,16-18H,3,9-12H2,1-2H3,(H,24,25). The molecule has 1 N–H and O–H groups in total. The second kappa shape index (κ2) is 9.35. The molecule has 1 amide bonds. The minimum atomic E-state index is -0.0935. The normalized spacial score (nSPS) is 20.5. The predicted octanol–water partition coefficient (Wildman–Crippen LogP) is 3.49. The van der Waals surface area contributed by atoms with E-state index in [1.165, 1.54) is 0 Å². The monoisotopic (exact) mass is 369 g/mol. The molecule has 1 aliphatic carbocycles. The van der Waals surface area contributed by atoms with Gasteiger partial charge in [-0.15, -0.1) is 0 Å². The van der Waals surface area contributed by atoms with Gasteiger partial charge in [0.25, 0.3) is 11.8 Å². The molecule has 1 aromatic heterocycles. The molecule has 3 rings (SSSR count). The van der Waals surface area contributed by atoms with Crippen molar-refractivity contribution in [2.45, 2.75) is 57.1 Å². The Kier molecular flexibility index (Phi) is 6.63. The van der Waals surface area contributed by atoms with Crippen LogP contribution in [-0.4, -0.2) is 35.1 Å². The largest absolute Gasteiger partial charge is 0.477 e. The number of nitrogens with zero attached hydrogens (tertiary/aromatic N) is 2. The van der Waals surface area contributed by atoms with Crippen LogP contribution in [0.1, 0.15) is 50.5 Å². The highest BCUT2D eigenvalue weighted by molar-refractivity contribution is 5.83. The van der Waals surface area contributed by atoms with E-state index in [1.807, 2.05) is 30.3 Å². The van der Waals surface area contributed by atoms with Crippen LogP contribution in [0.5, 0.6) is 11.8 Å². The van der Waals surface area contributed by atoms with Crippen molar-refractivity contribution >= 4 is 5.91 Å². The van der Waals surface area contributed by atoms with E-state index in [9.17, 15) is 4.79 Å². The summed E-state index contributed by atoms with van der Waals surface area (Å²) < 4.78 is 11.1. The molecule has 1 fully saturated rings. The molecule has 2 aromatic rings. The quantitative estimate of drug-likeness (QED) is 0.809. The first kappa shape index (κ1) is 19.1. The van der Waals surface area contributed by atoms with Gasteiger partial charge in [0, 0.05) is 18.4 Å². The summed E-state index contributed by atoms with van der Waals surface area (Å²) in [6.07, 6.45) is 7.56. The Hall–Kier alpha value is -2.63. The van der Waals surface area contributed by atoms with Gasteiger partial charge in [0.1, 0.15) is 6.10 Å². The summed E-state index contributed by atoms with van der Waals surface area (Å²) >= 11 is 0. The van der Waals surface area contributed by atoms with Crippen LogP contribution in [0.2, 0.25) is 0 Å². The van der Waals surface area contributed by atoms with E-state index in [2.05, 4.69) is 22.2 Å². The first-order valence-corrected chi connectivity index (χ1v) is 9.58. The Morgan fingerprint density at radius 2 is 1.78 bits per heavy atom. The van der Waals surface area contributed by atoms with Gasteiger partial charge in [-0.3, -0.25) is 4.79 Å². The highest BCUT2D eigenvalue weighted by atomic mass is 16.5. The molecular formula is C21H27N3O3. The van der Waals surface area contributed by atoms with Gasteiger partial charge in [-0.05, 0) is 37.7 Å². The maximum absolute atomic E-state index is 12.7. The number of aromatic nitrogens is 2. The Bertz CT molecular complexity index is 730. The van der Waals surface area contributed by atoms with Crippen molar-refractivity contribution in [2.24, 2.45) is 0 Å². The minimum absolute atomic E-state index is 0.0693. The maximum atomic E-state index is 12.7. The SMILES string of the molecule is CCC(C(=O)NC1CCC(Oc2nccnc2OC)CC1)c1ccccc1. The van der Waals surface area contributed by atoms with E-state index >= 15 is 0 Å². The number of amides is 1. The zero-order chi connectivity index (χ0) is 19.1. The lowest BCUT2D eigenvalue weighted by Crippen LogP contribution is -2.41. The van der Waals surface area contributed by atoms with Crippen LogP contribution in [0.4, 0.5) is 0 Å². The molecule has 1 saturated carbocycles. The lowest BCUT2D eigenvalue weighted by atomic mass is 9.91. The molecule has 6 nitrogen and oxygen atoms in total. The lowest BCUT2D eigenvalue weighted by Gasteiger charge is -2.30. The summed E-state index contributed by atoms with van der Waals surface area (Å²) in [6, 6.07) is 10.2. The zero-order valence-corrected chi connectivity index (χ0v) is 15.9. The molecule has 0 aliphatic heterocycles. The second-order valence-electron chi connectivity index (χ2n) is 6.84. The lowest BCUT2D eigenvalue weighted by molar-refractivity contribution is -0.123. The molecule has 1 atom stereocenters. The third kappa shape index (κ3) is 4.96. The van der Waals surface area contributed by atoms with Crippen LogP contribution >= 0.6 is 0 Å². The van der Waals surface area contributed by atoms with E-state index in [0.29, 0.717) is 11.8 Å². The van der Waals surface area contributed by atoms with Crippen LogP contribution in [0.3, 0.4) is 0 Å². The highest BCUT2D eigenvalue weighted by Gasteiger charge is 2.27. The summed E-state index contributed by atoms with van der Waals surface area (Å²) in [5.41, 5.74) is 1.07. The fourth-order valence-electron chi connectivity index (χ4n) is 3.58. The molecule has 0 saturated heterocycles. The first-order valence-electron chi connectivity index (χ1n) is 9.58. The molecule has 6 heteroatoms. The molecule has 27 heavy (non-hydrogen) atoms. The maximum Gasteiger partial charge on any atom is 0.278 e. The van der Waals surface area contributed by atoms with Gasteiger partial charge >= 0.3 is 0 Å². The number of hydrogen-bond acceptors (Lipinski definition) is 5. The van der Waals surface area contributed by atoms with Gasteiger partial charge in [-0.25, -0.2) is 9.97 Å². The van der Waals surface area contributed by atoms with Crippen molar-refractivity contribution < 1.29 is 14.3 Å². The Labute approximate surface area is 160 Å². The Balaban J connectivity index is 1.51. The van der Waals surface area contributed by atoms with Gasteiger partial charge in [0.05, 0.1) is 13.0 Å². The van der Waals surface area contributed by atoms with Crippen LogP contribution in [0.25, 0.3) is 0 Å². The van der Waals surface area contributed by atoms with E-state index in [4.69, 9.17) is 9.47 Å². The summed E-state index contributed by atoms with van der Waals surface area (Å²) in [7, 11) is 1.56. The van der Waals surface area contributed by atoms with Gasteiger partial charge in [0.2, 0.25) is 5.91 Å². The van der Waals surface area contributed by atoms with E-state index in [1.54, 1.807) is 19.5 Å². The van der Waals surface area contributed by atoms with Crippen molar-refractivity contribution in [3.8, 4) is 11.8 Å². The molecule has 0 spiro atoms. The van der Waals surface area contributed by atoms with Crippen LogP contribution in [-0.2, 0) is 4.79 Å². The second-order valence-corrected chi connectivity index (χ2v) is 6.84. The fourth-order valence-corrected chi connectivity index (χ4v) is 3.58. The molecule has 1 unspecified atom stereocenters. The summed E-state index contributed by atoms with van der Waals surface area (Å²) in [4.78, 5) is 21.0. The van der Waals surface area contributed by atoms with Crippen molar-refractivity contribution in [1.29, 1.82) is 0 Å². The molecule has 1 aliphatic rings. The molecular weight excluding hydrogens is 342 g/mol. The molecule has 1 aromatic carbocycles. The Morgan fingerprint density at radius 3 is 2.41 bits per heavy atom. The highest BCUT2D eigenvalue weighted by Crippen LogP contribution is 2.28. The van der Waals surface area contributed by atoms with Crippen molar-refractivity contribution in [2.75, 3.05) is 7.11 Å². The molecule has 1 heterocycles. The van der Waals surface area contributed by atoms with Gasteiger partial charge < -0.3 is 14.8 Å². The number of benzene rings is 1. The van der Waals surface area contributed by atoms with E-state index < -0.39 is 0 Å². The van der Waals surface area contributed by atoms with Gasteiger partial charge in [0.15, 0.2) is 0 Å². The topological polar surface area (TPSA) is 73.3 Å². The zero-order valence-electron chi connectivity index (χ0n) is 15.9. The average molecular weight is 369 g/mol. The number of carbonyl (C=O) groups excluding carboxylic acids is 1. The number of nitrogens with one attached hydrogen (secondary N) is 1. The molecule has 0 radical (unpaired) electrons. The van der Waals surface area contributed by atoms with Crippen molar-refractivity contribution in [3.05, 3.63) is 48.3 Å². The van der Waals surface area contributed by atoms with E-state index in [-0.39, 0.29) is 24.0 Å². The Morgan fingerprint density at radius 1 is 1.11 bits per heavy atom. The number of hydrogen-bond donors (Lipinski definition) is 1. The van der Waals surface area contributed by atoms with Crippen molar-refractivity contribution in [1.82, 2.24) is 15.3 Å². The average Bonchev–Trinajstić information content (AvgIpc) is 2.71. The van der Waals surface area contributed by atoms with Gasteiger partial charge in [-0.2, -0.15) is 0 Å². The summed E-state index contributed by atoms with van der Waals surface area (Å²) in [5.74, 6) is 0.858. The summed E-state index contributed by atoms with van der Waals surface area (Å²) in [6.45, 7) is 2.05. The van der Waals surface area contributed by atoms with E-state index in [0.717, 1.165) is 37.7 Å². The number of methoxy groups -OCH3 is 1. The fraction of sp³-hybridized carbons (Fsp3) is 0.476. The van der Waals surface area contributed by atoms with Crippen LogP contribution in [0, 0.1) is 0 Å². The van der Waals surface area contributed by atoms with Crippen LogP contribution < -0.4 is 14.8 Å². The summed E-state index contributed by atoms with van der Waals surface area (Å²) in [5, 5.41) is 3.23. The molecule has 0 bridgehead atoms. The van der Waals surface area contributed by atoms with Gasteiger partial charge in [-0.1, -0.05) is 37.3 Å². The number of carbonyl (C=O) groups is 1. The predicted molar refractivity (Wildman–Crippen MR) is 103 cm³/mol.